The van der Waals surface area contributed by atoms with Gasteiger partial charge < -0.3 is 15.0 Å². The van der Waals surface area contributed by atoms with Crippen LogP contribution in [0.5, 0.6) is 5.75 Å². The van der Waals surface area contributed by atoms with Gasteiger partial charge in [0.2, 0.25) is 5.91 Å². The topological polar surface area (TPSA) is 54.1 Å². The molecular weight excluding hydrogens is 393 g/mol. The largest absolute Gasteiger partial charge is 0.493 e. The highest BCUT2D eigenvalue weighted by Gasteiger charge is 2.39. The van der Waals surface area contributed by atoms with E-state index < -0.39 is 11.7 Å². The Morgan fingerprint density at radius 3 is 2.53 bits per heavy atom. The molecule has 0 unspecified atom stereocenters. The molecule has 0 saturated heterocycles. The van der Waals surface area contributed by atoms with Crippen molar-refractivity contribution < 1.29 is 22.7 Å². The summed E-state index contributed by atoms with van der Waals surface area (Å²) in [5.74, 6) is 0.669. The minimum atomic E-state index is -4.33. The molecule has 0 aliphatic heterocycles. The zero-order valence-electron chi connectivity index (χ0n) is 16.6. The number of amides is 1. The Hall–Kier alpha value is -2.96. The first kappa shape index (κ1) is 20.3. The number of benzene rings is 2. The summed E-state index contributed by atoms with van der Waals surface area (Å²) in [6.07, 6.45) is 0.819. The van der Waals surface area contributed by atoms with Crippen molar-refractivity contribution >= 4 is 22.5 Å². The summed E-state index contributed by atoms with van der Waals surface area (Å²) in [6.45, 7) is 2.32. The third kappa shape index (κ3) is 4.15. The molecule has 1 aliphatic carbocycles. The molecule has 1 fully saturated rings. The zero-order valence-corrected chi connectivity index (χ0v) is 16.6. The second kappa shape index (κ2) is 7.70. The van der Waals surface area contributed by atoms with E-state index in [2.05, 4.69) is 10.3 Å². The molecule has 7 heteroatoms. The Morgan fingerprint density at radius 1 is 1.17 bits per heavy atom. The first-order chi connectivity index (χ1) is 14.2. The maximum atomic E-state index is 12.6. The number of aromatic nitrogens is 1. The van der Waals surface area contributed by atoms with Gasteiger partial charge in [-0.15, -0.1) is 0 Å². The molecule has 0 atom stereocenters. The van der Waals surface area contributed by atoms with Crippen LogP contribution in [0.25, 0.3) is 10.9 Å². The van der Waals surface area contributed by atoms with E-state index in [9.17, 15) is 18.0 Å². The molecule has 2 N–H and O–H groups in total. The predicted octanol–water partition coefficient (Wildman–Crippen LogP) is 5.94. The first-order valence-electron chi connectivity index (χ1n) is 9.96. The summed E-state index contributed by atoms with van der Waals surface area (Å²) < 4.78 is 43.7. The minimum Gasteiger partial charge on any atom is -0.493 e. The lowest BCUT2D eigenvalue weighted by molar-refractivity contribution is -0.137. The molecule has 3 aromatic rings. The summed E-state index contributed by atoms with van der Waals surface area (Å²) in [6, 6.07) is 10.7. The number of hydrogen-bond donors (Lipinski definition) is 2. The summed E-state index contributed by atoms with van der Waals surface area (Å²) >= 11 is 0. The quantitative estimate of drug-likeness (QED) is 0.523. The van der Waals surface area contributed by atoms with Crippen LogP contribution in [-0.2, 0) is 17.4 Å². The number of carbonyl (C=O) groups is 1. The summed E-state index contributed by atoms with van der Waals surface area (Å²) in [5, 5.41) is 3.88. The van der Waals surface area contributed by atoms with Crippen LogP contribution in [0, 0.1) is 5.41 Å². The first-order valence-corrected chi connectivity index (χ1v) is 9.96. The number of alkyl halides is 3. The van der Waals surface area contributed by atoms with Crippen molar-refractivity contribution in [2.45, 2.75) is 38.8 Å². The predicted molar refractivity (Wildman–Crippen MR) is 110 cm³/mol. The highest BCUT2D eigenvalue weighted by Crippen LogP contribution is 2.41. The fraction of sp³-hybridized carbons (Fsp3) is 0.348. The van der Waals surface area contributed by atoms with Crippen molar-refractivity contribution in [3.05, 3.63) is 59.8 Å². The maximum absolute atomic E-state index is 12.6. The van der Waals surface area contributed by atoms with Gasteiger partial charge in [0, 0.05) is 28.9 Å². The molecule has 158 valence electrons. The van der Waals surface area contributed by atoms with E-state index in [1.807, 2.05) is 25.1 Å². The molecule has 1 saturated carbocycles. The second-order valence-corrected chi connectivity index (χ2v) is 8.07. The van der Waals surface area contributed by atoms with Crippen molar-refractivity contribution in [3.8, 4) is 5.75 Å². The van der Waals surface area contributed by atoms with Crippen molar-refractivity contribution in [1.29, 1.82) is 0 Å². The molecule has 0 spiro atoms. The van der Waals surface area contributed by atoms with E-state index in [1.54, 1.807) is 6.20 Å². The smallest absolute Gasteiger partial charge is 0.416 e. The van der Waals surface area contributed by atoms with E-state index in [-0.39, 0.29) is 11.3 Å². The average molecular weight is 416 g/mol. The minimum absolute atomic E-state index is 0.0308. The van der Waals surface area contributed by atoms with Gasteiger partial charge in [0.1, 0.15) is 5.75 Å². The van der Waals surface area contributed by atoms with E-state index in [0.717, 1.165) is 53.5 Å². The van der Waals surface area contributed by atoms with Crippen LogP contribution >= 0.6 is 0 Å². The third-order valence-corrected chi connectivity index (χ3v) is 5.85. The fourth-order valence-electron chi connectivity index (χ4n) is 3.65. The van der Waals surface area contributed by atoms with Crippen LogP contribution in [0.3, 0.4) is 0 Å². The van der Waals surface area contributed by atoms with Gasteiger partial charge in [-0.05, 0) is 48.7 Å². The standard InChI is InChI=1S/C23H23F3N2O2/c1-22(10-2-11-22)21(29)28-20-14-27-19-8-7-17(13-18(19)20)30-12-9-15-3-5-16(6-4-15)23(24,25)26/h3-8,13-14,27H,2,9-12H2,1H3,(H,28,29). The number of aromatic amines is 1. The lowest BCUT2D eigenvalue weighted by atomic mass is 9.70. The number of ether oxygens (including phenoxy) is 1. The Labute approximate surface area is 172 Å². The van der Waals surface area contributed by atoms with Crippen LogP contribution in [0.1, 0.15) is 37.3 Å². The van der Waals surface area contributed by atoms with Crippen LogP contribution < -0.4 is 10.1 Å². The Bertz CT molecular complexity index is 1050. The molecule has 0 bridgehead atoms. The van der Waals surface area contributed by atoms with Gasteiger partial charge in [0.05, 0.1) is 17.9 Å². The van der Waals surface area contributed by atoms with Gasteiger partial charge in [-0.25, -0.2) is 0 Å². The molecule has 0 radical (unpaired) electrons. The van der Waals surface area contributed by atoms with Crippen molar-refractivity contribution in [2.24, 2.45) is 5.41 Å². The second-order valence-electron chi connectivity index (χ2n) is 8.07. The highest BCUT2D eigenvalue weighted by molar-refractivity contribution is 6.04. The number of rotatable bonds is 6. The molecule has 1 amide bonds. The number of carbonyl (C=O) groups excluding carboxylic acids is 1. The van der Waals surface area contributed by atoms with Crippen LogP contribution in [0.15, 0.2) is 48.7 Å². The summed E-state index contributed by atoms with van der Waals surface area (Å²) in [4.78, 5) is 15.7. The number of hydrogen-bond acceptors (Lipinski definition) is 2. The molecule has 2 aromatic carbocycles. The lowest BCUT2D eigenvalue weighted by Crippen LogP contribution is -2.39. The van der Waals surface area contributed by atoms with Crippen molar-refractivity contribution in [3.63, 3.8) is 0 Å². The van der Waals surface area contributed by atoms with E-state index in [4.69, 9.17) is 4.74 Å². The Morgan fingerprint density at radius 2 is 1.90 bits per heavy atom. The van der Waals surface area contributed by atoms with Crippen molar-refractivity contribution in [1.82, 2.24) is 4.98 Å². The maximum Gasteiger partial charge on any atom is 0.416 e. The Kier molecular flexibility index (Phi) is 5.22. The number of anilines is 1. The molecule has 1 heterocycles. The normalized spacial score (nSPS) is 15.6. The number of fused-ring (bicyclic) bond motifs is 1. The van der Waals surface area contributed by atoms with Gasteiger partial charge in [-0.3, -0.25) is 4.79 Å². The number of nitrogens with one attached hydrogen (secondary N) is 2. The molecule has 1 aromatic heterocycles. The van der Waals surface area contributed by atoms with Crippen molar-refractivity contribution in [2.75, 3.05) is 11.9 Å². The summed E-state index contributed by atoms with van der Waals surface area (Å²) in [5.41, 5.74) is 1.43. The third-order valence-electron chi connectivity index (χ3n) is 5.85. The molecule has 4 rings (SSSR count). The van der Waals surface area contributed by atoms with Gasteiger partial charge in [0.15, 0.2) is 0 Å². The number of H-pyrrole nitrogens is 1. The molecular formula is C23H23F3N2O2. The van der Waals surface area contributed by atoms with E-state index in [0.29, 0.717) is 18.8 Å². The number of halogens is 3. The fourth-order valence-corrected chi connectivity index (χ4v) is 3.65. The lowest BCUT2D eigenvalue weighted by Gasteiger charge is -2.36. The van der Waals surface area contributed by atoms with Crippen LogP contribution in [-0.4, -0.2) is 17.5 Å². The van der Waals surface area contributed by atoms with Crippen LogP contribution in [0.4, 0.5) is 18.9 Å². The highest BCUT2D eigenvalue weighted by atomic mass is 19.4. The molecule has 30 heavy (non-hydrogen) atoms. The van der Waals surface area contributed by atoms with Crippen LogP contribution in [0.2, 0.25) is 0 Å². The van der Waals surface area contributed by atoms with Gasteiger partial charge >= 0.3 is 6.18 Å². The Balaban J connectivity index is 1.39. The van der Waals surface area contributed by atoms with Gasteiger partial charge in [0.25, 0.3) is 0 Å². The molecule has 4 nitrogen and oxygen atoms in total. The van der Waals surface area contributed by atoms with Gasteiger partial charge in [-0.1, -0.05) is 25.5 Å². The zero-order chi connectivity index (χ0) is 21.4. The van der Waals surface area contributed by atoms with E-state index in [1.165, 1.54) is 12.1 Å². The monoisotopic (exact) mass is 416 g/mol. The molecule has 1 aliphatic rings. The average Bonchev–Trinajstić information content (AvgIpc) is 3.08. The SMILES string of the molecule is CC1(C(=O)Nc2c[nH]c3ccc(OCCc4ccc(C(F)(F)F)cc4)cc23)CCC1. The van der Waals surface area contributed by atoms with Gasteiger partial charge in [-0.2, -0.15) is 13.2 Å². The van der Waals surface area contributed by atoms with E-state index >= 15 is 0 Å². The summed E-state index contributed by atoms with van der Waals surface area (Å²) in [7, 11) is 0.